The average Bonchev–Trinajstić information content (AvgIpc) is 2.64. The number of hydrogen-bond acceptors (Lipinski definition) is 3. The maximum atomic E-state index is 10.00. The SMILES string of the molecule is CCNC(C)C(O)c1ccnn1CC. The Labute approximate surface area is 84.9 Å². The van der Waals surface area contributed by atoms with Crippen molar-refractivity contribution in [1.82, 2.24) is 15.1 Å². The van der Waals surface area contributed by atoms with Crippen LogP contribution in [-0.4, -0.2) is 27.5 Å². The van der Waals surface area contributed by atoms with Gasteiger partial charge in [-0.15, -0.1) is 0 Å². The number of aliphatic hydroxyl groups is 1. The van der Waals surface area contributed by atoms with Gasteiger partial charge < -0.3 is 10.4 Å². The predicted octanol–water partition coefficient (Wildman–Crippen LogP) is 0.934. The number of nitrogens with zero attached hydrogens (tertiary/aromatic N) is 2. The minimum atomic E-state index is -0.489. The summed E-state index contributed by atoms with van der Waals surface area (Å²) in [4.78, 5) is 0. The molecule has 1 aromatic rings. The number of hydrogen-bond donors (Lipinski definition) is 2. The van der Waals surface area contributed by atoms with Crippen molar-refractivity contribution in [3.8, 4) is 0 Å². The minimum absolute atomic E-state index is 0.0574. The largest absolute Gasteiger partial charge is 0.385 e. The van der Waals surface area contributed by atoms with Crippen molar-refractivity contribution < 1.29 is 5.11 Å². The summed E-state index contributed by atoms with van der Waals surface area (Å²) in [6.45, 7) is 7.67. The topological polar surface area (TPSA) is 50.1 Å². The summed E-state index contributed by atoms with van der Waals surface area (Å²) in [5, 5.41) is 17.3. The summed E-state index contributed by atoms with van der Waals surface area (Å²) >= 11 is 0. The molecular weight excluding hydrogens is 178 g/mol. The molecule has 0 fully saturated rings. The third-order valence-corrected chi connectivity index (χ3v) is 2.35. The van der Waals surface area contributed by atoms with Gasteiger partial charge in [0.15, 0.2) is 0 Å². The molecule has 0 spiro atoms. The lowest BCUT2D eigenvalue weighted by Gasteiger charge is -2.20. The second-order valence-corrected chi connectivity index (χ2v) is 3.36. The number of aliphatic hydroxyl groups excluding tert-OH is 1. The maximum Gasteiger partial charge on any atom is 0.111 e. The smallest absolute Gasteiger partial charge is 0.111 e. The Bertz CT molecular complexity index is 272. The van der Waals surface area contributed by atoms with E-state index >= 15 is 0 Å². The molecule has 0 saturated heterocycles. The highest BCUT2D eigenvalue weighted by atomic mass is 16.3. The first kappa shape index (κ1) is 11.2. The van der Waals surface area contributed by atoms with Crippen LogP contribution < -0.4 is 5.32 Å². The van der Waals surface area contributed by atoms with Crippen LogP contribution in [0.5, 0.6) is 0 Å². The van der Waals surface area contributed by atoms with Crippen molar-refractivity contribution in [3.63, 3.8) is 0 Å². The van der Waals surface area contributed by atoms with Crippen molar-refractivity contribution >= 4 is 0 Å². The summed E-state index contributed by atoms with van der Waals surface area (Å²) in [6.07, 6.45) is 1.23. The van der Waals surface area contributed by atoms with Gasteiger partial charge in [-0.3, -0.25) is 4.68 Å². The number of likely N-dealkylation sites (N-methyl/N-ethyl adjacent to an activating group) is 1. The fourth-order valence-electron chi connectivity index (χ4n) is 1.55. The van der Waals surface area contributed by atoms with E-state index in [0.717, 1.165) is 18.8 Å². The lowest BCUT2D eigenvalue weighted by molar-refractivity contribution is 0.127. The zero-order valence-corrected chi connectivity index (χ0v) is 9.07. The Kier molecular flexibility index (Phi) is 4.10. The van der Waals surface area contributed by atoms with E-state index in [1.807, 2.05) is 31.5 Å². The van der Waals surface area contributed by atoms with E-state index in [-0.39, 0.29) is 6.04 Å². The fourth-order valence-corrected chi connectivity index (χ4v) is 1.55. The Morgan fingerprint density at radius 3 is 2.86 bits per heavy atom. The summed E-state index contributed by atoms with van der Waals surface area (Å²) in [5.41, 5.74) is 0.876. The van der Waals surface area contributed by atoms with Crippen LogP contribution in [0.1, 0.15) is 32.6 Å². The number of aryl methyl sites for hydroxylation is 1. The van der Waals surface area contributed by atoms with Crippen LogP contribution in [0.2, 0.25) is 0 Å². The van der Waals surface area contributed by atoms with Gasteiger partial charge in [0.1, 0.15) is 6.10 Å². The molecule has 14 heavy (non-hydrogen) atoms. The second-order valence-electron chi connectivity index (χ2n) is 3.36. The highest BCUT2D eigenvalue weighted by Gasteiger charge is 2.18. The molecule has 0 aliphatic carbocycles. The molecule has 0 aliphatic heterocycles. The molecule has 80 valence electrons. The van der Waals surface area contributed by atoms with Gasteiger partial charge >= 0.3 is 0 Å². The molecule has 0 saturated carbocycles. The summed E-state index contributed by atoms with van der Waals surface area (Å²) in [6, 6.07) is 1.92. The fraction of sp³-hybridized carbons (Fsp3) is 0.700. The molecule has 0 aromatic carbocycles. The van der Waals surface area contributed by atoms with Gasteiger partial charge in [0.2, 0.25) is 0 Å². The van der Waals surface area contributed by atoms with Gasteiger partial charge in [-0.1, -0.05) is 6.92 Å². The third-order valence-electron chi connectivity index (χ3n) is 2.35. The van der Waals surface area contributed by atoms with Gasteiger partial charge in [0.05, 0.1) is 5.69 Å². The van der Waals surface area contributed by atoms with E-state index in [9.17, 15) is 5.11 Å². The van der Waals surface area contributed by atoms with E-state index in [2.05, 4.69) is 10.4 Å². The van der Waals surface area contributed by atoms with Gasteiger partial charge in [-0.05, 0) is 26.5 Å². The molecule has 0 aliphatic rings. The molecule has 4 heteroatoms. The van der Waals surface area contributed by atoms with Crippen LogP contribution in [-0.2, 0) is 6.54 Å². The lowest BCUT2D eigenvalue weighted by atomic mass is 10.1. The van der Waals surface area contributed by atoms with Crippen LogP contribution >= 0.6 is 0 Å². The number of aromatic nitrogens is 2. The Morgan fingerprint density at radius 2 is 2.29 bits per heavy atom. The molecule has 1 heterocycles. The number of rotatable bonds is 5. The molecule has 1 aromatic heterocycles. The van der Waals surface area contributed by atoms with Crippen LogP contribution in [0.3, 0.4) is 0 Å². The van der Waals surface area contributed by atoms with Crippen LogP contribution in [0.25, 0.3) is 0 Å². The highest BCUT2D eigenvalue weighted by Crippen LogP contribution is 2.15. The summed E-state index contributed by atoms with van der Waals surface area (Å²) in [5.74, 6) is 0. The van der Waals surface area contributed by atoms with E-state index in [1.54, 1.807) is 6.20 Å². The second kappa shape index (κ2) is 5.12. The lowest BCUT2D eigenvalue weighted by Crippen LogP contribution is -2.33. The molecule has 2 atom stereocenters. The van der Waals surface area contributed by atoms with E-state index in [0.29, 0.717) is 0 Å². The average molecular weight is 197 g/mol. The molecule has 0 amide bonds. The zero-order valence-electron chi connectivity index (χ0n) is 9.07. The van der Waals surface area contributed by atoms with Crippen LogP contribution in [0.4, 0.5) is 0 Å². The Hall–Kier alpha value is -0.870. The minimum Gasteiger partial charge on any atom is -0.385 e. The quantitative estimate of drug-likeness (QED) is 0.738. The summed E-state index contributed by atoms with van der Waals surface area (Å²) in [7, 11) is 0. The molecule has 2 N–H and O–H groups in total. The standard InChI is InChI=1S/C10H19N3O/c1-4-11-8(3)10(14)9-6-7-12-13(9)5-2/h6-8,10-11,14H,4-5H2,1-3H3. The molecular formula is C10H19N3O. The normalized spacial score (nSPS) is 15.4. The molecule has 1 rings (SSSR count). The van der Waals surface area contributed by atoms with E-state index in [1.165, 1.54) is 0 Å². The molecule has 0 bridgehead atoms. The first-order chi connectivity index (χ1) is 6.70. The highest BCUT2D eigenvalue weighted by molar-refractivity contribution is 5.06. The first-order valence-corrected chi connectivity index (χ1v) is 5.13. The van der Waals surface area contributed by atoms with Crippen molar-refractivity contribution in [2.24, 2.45) is 0 Å². The monoisotopic (exact) mass is 197 g/mol. The Balaban J connectivity index is 2.72. The van der Waals surface area contributed by atoms with Crippen molar-refractivity contribution in [1.29, 1.82) is 0 Å². The van der Waals surface area contributed by atoms with Gasteiger partial charge in [-0.2, -0.15) is 5.10 Å². The van der Waals surface area contributed by atoms with Crippen molar-refractivity contribution in [3.05, 3.63) is 18.0 Å². The zero-order chi connectivity index (χ0) is 10.6. The first-order valence-electron chi connectivity index (χ1n) is 5.13. The van der Waals surface area contributed by atoms with E-state index in [4.69, 9.17) is 0 Å². The molecule has 2 unspecified atom stereocenters. The van der Waals surface area contributed by atoms with Gasteiger partial charge in [0, 0.05) is 18.8 Å². The summed E-state index contributed by atoms with van der Waals surface area (Å²) < 4.78 is 1.82. The van der Waals surface area contributed by atoms with E-state index < -0.39 is 6.10 Å². The molecule has 0 radical (unpaired) electrons. The Morgan fingerprint density at radius 1 is 1.57 bits per heavy atom. The van der Waals surface area contributed by atoms with Crippen LogP contribution in [0.15, 0.2) is 12.3 Å². The predicted molar refractivity (Wildman–Crippen MR) is 56.0 cm³/mol. The van der Waals surface area contributed by atoms with Crippen molar-refractivity contribution in [2.45, 2.75) is 39.5 Å². The van der Waals surface area contributed by atoms with Crippen molar-refractivity contribution in [2.75, 3.05) is 6.54 Å². The maximum absolute atomic E-state index is 10.00. The molecule has 4 nitrogen and oxygen atoms in total. The third kappa shape index (κ3) is 2.33. The number of nitrogens with one attached hydrogen (secondary N) is 1. The van der Waals surface area contributed by atoms with Gasteiger partial charge in [-0.25, -0.2) is 0 Å². The van der Waals surface area contributed by atoms with Crippen LogP contribution in [0, 0.1) is 0 Å². The van der Waals surface area contributed by atoms with Gasteiger partial charge in [0.25, 0.3) is 0 Å².